The summed E-state index contributed by atoms with van der Waals surface area (Å²) in [6.45, 7) is 0. The lowest BCUT2D eigenvalue weighted by molar-refractivity contribution is -0.116. The van der Waals surface area contributed by atoms with Crippen molar-refractivity contribution in [3.05, 3.63) is 48.0 Å². The first-order chi connectivity index (χ1) is 12.9. The van der Waals surface area contributed by atoms with Crippen molar-refractivity contribution in [3.63, 3.8) is 0 Å². The maximum Gasteiger partial charge on any atom is 0.240 e. The number of carbonyl (C=O) groups is 1. The lowest BCUT2D eigenvalue weighted by Crippen LogP contribution is -2.25. The van der Waals surface area contributed by atoms with Crippen LogP contribution in [0.2, 0.25) is 0 Å². The van der Waals surface area contributed by atoms with Gasteiger partial charge >= 0.3 is 0 Å². The van der Waals surface area contributed by atoms with Gasteiger partial charge in [0.25, 0.3) is 0 Å². The quantitative estimate of drug-likeness (QED) is 0.600. The van der Waals surface area contributed by atoms with Gasteiger partial charge in [0.15, 0.2) is 0 Å². The molecule has 0 atom stereocenters. The molecule has 0 radical (unpaired) electrons. The Labute approximate surface area is 159 Å². The van der Waals surface area contributed by atoms with Crippen LogP contribution in [0.25, 0.3) is 0 Å². The second-order valence-corrected chi connectivity index (χ2v) is 8.26. The number of nitrogens with two attached hydrogens (primary N) is 1. The first-order valence-electron chi connectivity index (χ1n) is 8.72. The molecule has 4 N–H and O–H groups in total. The Balaban J connectivity index is 1.53. The molecule has 1 fully saturated rings. The summed E-state index contributed by atoms with van der Waals surface area (Å²) < 4.78 is 32.0. The van der Waals surface area contributed by atoms with E-state index in [2.05, 4.69) is 10.0 Å². The molecule has 1 aliphatic carbocycles. The van der Waals surface area contributed by atoms with Crippen molar-refractivity contribution in [2.45, 2.75) is 36.6 Å². The third kappa shape index (κ3) is 5.21. The highest BCUT2D eigenvalue weighted by molar-refractivity contribution is 7.89. The van der Waals surface area contributed by atoms with Gasteiger partial charge in [-0.25, -0.2) is 13.1 Å². The molecule has 1 aliphatic rings. The normalized spacial score (nSPS) is 14.0. The predicted octanol–water partition coefficient (Wildman–Crippen LogP) is 2.29. The van der Waals surface area contributed by atoms with Crippen LogP contribution in [0.1, 0.15) is 24.8 Å². The maximum atomic E-state index is 12.1. The number of nitrogens with one attached hydrogen (secondary N) is 2. The molecule has 0 aliphatic heterocycles. The fraction of sp³-hybridized carbons (Fsp3) is 0.316. The second-order valence-electron chi connectivity index (χ2n) is 6.54. The average Bonchev–Trinajstić information content (AvgIpc) is 3.44. The van der Waals surface area contributed by atoms with E-state index in [1.165, 1.54) is 7.11 Å². The highest BCUT2D eigenvalue weighted by atomic mass is 32.2. The topological polar surface area (TPSA) is 111 Å². The van der Waals surface area contributed by atoms with E-state index in [1.807, 2.05) is 0 Å². The zero-order chi connectivity index (χ0) is 19.4. The third-order valence-corrected chi connectivity index (χ3v) is 5.82. The van der Waals surface area contributed by atoms with Gasteiger partial charge < -0.3 is 15.8 Å². The Morgan fingerprint density at radius 3 is 2.48 bits per heavy atom. The smallest absolute Gasteiger partial charge is 0.240 e. The summed E-state index contributed by atoms with van der Waals surface area (Å²) in [7, 11) is -1.92. The van der Waals surface area contributed by atoms with Crippen LogP contribution in [0, 0.1) is 0 Å². The minimum absolute atomic E-state index is 0.0744. The Bertz CT molecular complexity index is 922. The Hall–Kier alpha value is -2.58. The van der Waals surface area contributed by atoms with E-state index in [0.29, 0.717) is 23.5 Å². The zero-order valence-electron chi connectivity index (χ0n) is 15.1. The van der Waals surface area contributed by atoms with Crippen molar-refractivity contribution in [1.29, 1.82) is 0 Å². The molecule has 2 aromatic carbocycles. The van der Waals surface area contributed by atoms with Gasteiger partial charge in [-0.3, -0.25) is 4.79 Å². The molecular weight excluding hydrogens is 366 g/mol. The molecule has 144 valence electrons. The van der Waals surface area contributed by atoms with Crippen molar-refractivity contribution in [2.75, 3.05) is 18.2 Å². The number of carbonyl (C=O) groups excluding carboxylic acids is 1. The van der Waals surface area contributed by atoms with Gasteiger partial charge in [0, 0.05) is 18.2 Å². The molecule has 3 rings (SSSR count). The number of aryl methyl sites for hydroxylation is 1. The minimum atomic E-state index is -3.45. The SMILES string of the molecule is COc1ccc(NC(=O)CCc2ccc(S(=O)(=O)NC3CC3)cc2)cc1N. The number of anilines is 2. The molecule has 0 saturated heterocycles. The summed E-state index contributed by atoms with van der Waals surface area (Å²) in [6.07, 6.45) is 2.57. The number of ether oxygens (including phenoxy) is 1. The fourth-order valence-electron chi connectivity index (χ4n) is 2.62. The summed E-state index contributed by atoms with van der Waals surface area (Å²) >= 11 is 0. The second kappa shape index (κ2) is 7.98. The van der Waals surface area contributed by atoms with Gasteiger partial charge in [0.2, 0.25) is 15.9 Å². The number of methoxy groups -OCH3 is 1. The maximum absolute atomic E-state index is 12.1. The van der Waals surface area contributed by atoms with Crippen molar-refractivity contribution in [1.82, 2.24) is 4.72 Å². The van der Waals surface area contributed by atoms with E-state index in [-0.39, 0.29) is 23.3 Å². The third-order valence-electron chi connectivity index (χ3n) is 4.29. The van der Waals surface area contributed by atoms with E-state index in [9.17, 15) is 13.2 Å². The van der Waals surface area contributed by atoms with Crippen LogP contribution < -0.4 is 20.5 Å². The Kier molecular flexibility index (Phi) is 5.67. The Morgan fingerprint density at radius 2 is 1.89 bits per heavy atom. The lowest BCUT2D eigenvalue weighted by atomic mass is 10.1. The molecular formula is C19H23N3O4S. The van der Waals surface area contributed by atoms with E-state index in [0.717, 1.165) is 18.4 Å². The van der Waals surface area contributed by atoms with Crippen LogP contribution >= 0.6 is 0 Å². The molecule has 7 nitrogen and oxygen atoms in total. The van der Waals surface area contributed by atoms with Crippen LogP contribution in [-0.2, 0) is 21.2 Å². The first kappa shape index (κ1) is 19.2. The molecule has 27 heavy (non-hydrogen) atoms. The number of benzene rings is 2. The van der Waals surface area contributed by atoms with Gasteiger partial charge in [-0.1, -0.05) is 12.1 Å². The number of hydrogen-bond donors (Lipinski definition) is 3. The first-order valence-corrected chi connectivity index (χ1v) is 10.2. The summed E-state index contributed by atoms with van der Waals surface area (Å²) in [5.41, 5.74) is 7.77. The van der Waals surface area contributed by atoms with Gasteiger partial charge in [-0.2, -0.15) is 0 Å². The van der Waals surface area contributed by atoms with Crippen LogP contribution in [0.5, 0.6) is 5.75 Å². The molecule has 0 bridgehead atoms. The Morgan fingerprint density at radius 1 is 1.19 bits per heavy atom. The molecule has 0 aromatic heterocycles. The zero-order valence-corrected chi connectivity index (χ0v) is 15.9. The molecule has 2 aromatic rings. The number of hydrogen-bond acceptors (Lipinski definition) is 5. The lowest BCUT2D eigenvalue weighted by Gasteiger charge is -2.09. The fourth-order valence-corrected chi connectivity index (χ4v) is 3.92. The van der Waals surface area contributed by atoms with Crippen LogP contribution in [-0.4, -0.2) is 27.5 Å². The average molecular weight is 389 g/mol. The van der Waals surface area contributed by atoms with Crippen LogP contribution in [0.3, 0.4) is 0 Å². The highest BCUT2D eigenvalue weighted by Gasteiger charge is 2.27. The van der Waals surface area contributed by atoms with Crippen molar-refractivity contribution in [3.8, 4) is 5.75 Å². The van der Waals surface area contributed by atoms with Crippen molar-refractivity contribution in [2.24, 2.45) is 0 Å². The molecule has 0 unspecified atom stereocenters. The van der Waals surface area contributed by atoms with Gasteiger partial charge in [0.05, 0.1) is 17.7 Å². The van der Waals surface area contributed by atoms with Gasteiger partial charge in [-0.15, -0.1) is 0 Å². The number of sulfonamides is 1. The van der Waals surface area contributed by atoms with Crippen LogP contribution in [0.15, 0.2) is 47.4 Å². The number of nitrogen functional groups attached to an aromatic ring is 1. The molecule has 0 spiro atoms. The van der Waals surface area contributed by atoms with E-state index in [4.69, 9.17) is 10.5 Å². The molecule has 1 saturated carbocycles. The monoisotopic (exact) mass is 389 g/mol. The molecule has 0 heterocycles. The summed E-state index contributed by atoms with van der Waals surface area (Å²) in [5.74, 6) is 0.408. The standard InChI is InChI=1S/C19H23N3O4S/c1-26-18-10-7-15(12-17(18)20)21-19(23)11-4-13-2-8-16(9-3-13)27(24,25)22-14-5-6-14/h2-3,7-10,12,14,22H,4-6,11,20H2,1H3,(H,21,23). The summed E-state index contributed by atoms with van der Waals surface area (Å²) in [4.78, 5) is 12.4. The highest BCUT2D eigenvalue weighted by Crippen LogP contribution is 2.25. The summed E-state index contributed by atoms with van der Waals surface area (Å²) in [5, 5.41) is 2.79. The van der Waals surface area contributed by atoms with Crippen LogP contribution in [0.4, 0.5) is 11.4 Å². The van der Waals surface area contributed by atoms with Gasteiger partial charge in [0.1, 0.15) is 5.75 Å². The summed E-state index contributed by atoms with van der Waals surface area (Å²) in [6, 6.07) is 11.7. The van der Waals surface area contributed by atoms with Gasteiger partial charge in [-0.05, 0) is 55.2 Å². The van der Waals surface area contributed by atoms with E-state index >= 15 is 0 Å². The van der Waals surface area contributed by atoms with Crippen molar-refractivity contribution < 1.29 is 17.9 Å². The molecule has 8 heteroatoms. The van der Waals surface area contributed by atoms with E-state index < -0.39 is 10.0 Å². The predicted molar refractivity (Wildman–Crippen MR) is 104 cm³/mol. The van der Waals surface area contributed by atoms with Crippen molar-refractivity contribution >= 4 is 27.3 Å². The number of amides is 1. The largest absolute Gasteiger partial charge is 0.495 e. The minimum Gasteiger partial charge on any atom is -0.495 e. The molecule has 1 amide bonds. The van der Waals surface area contributed by atoms with E-state index in [1.54, 1.807) is 42.5 Å². The number of rotatable bonds is 8.